The zero-order chi connectivity index (χ0) is 16.2. The van der Waals surface area contributed by atoms with Gasteiger partial charge in [-0.15, -0.1) is 0 Å². The second-order valence-electron chi connectivity index (χ2n) is 5.30. The summed E-state index contributed by atoms with van der Waals surface area (Å²) in [7, 11) is 0. The number of alkyl halides is 1. The van der Waals surface area contributed by atoms with Gasteiger partial charge in [0.1, 0.15) is 17.1 Å². The minimum atomic E-state index is -0.0176. The highest BCUT2D eigenvalue weighted by Crippen LogP contribution is 2.27. The lowest BCUT2D eigenvalue weighted by Gasteiger charge is -2.09. The number of halogens is 1. The van der Waals surface area contributed by atoms with Gasteiger partial charge in [0, 0.05) is 16.5 Å². The molecule has 0 fully saturated rings. The van der Waals surface area contributed by atoms with E-state index in [-0.39, 0.29) is 5.43 Å². The fraction of sp³-hybridized carbons (Fsp3) is 0.211. The fourth-order valence-corrected chi connectivity index (χ4v) is 2.70. The largest absolute Gasteiger partial charge is 0.494 e. The number of ether oxygens (including phenoxy) is 1. The highest BCUT2D eigenvalue weighted by Gasteiger charge is 2.13. The van der Waals surface area contributed by atoms with Crippen molar-refractivity contribution in [3.63, 3.8) is 0 Å². The first-order valence-corrected chi connectivity index (χ1v) is 8.64. The van der Waals surface area contributed by atoms with Crippen LogP contribution in [0.15, 0.2) is 57.7 Å². The molecule has 0 saturated heterocycles. The Balaban J connectivity index is 2.06. The quantitative estimate of drug-likeness (QED) is 0.470. The van der Waals surface area contributed by atoms with Gasteiger partial charge >= 0.3 is 0 Å². The predicted molar refractivity (Wildman–Crippen MR) is 96.6 cm³/mol. The standard InChI is InChI=1S/C19H17BrO3/c1-13-18(21)16-12-15(22-11-5-10-20)8-9-17(16)23-19(13)14-6-3-2-4-7-14/h2-4,6-9,12H,5,10-11H2,1H3. The van der Waals surface area contributed by atoms with Crippen molar-refractivity contribution in [2.45, 2.75) is 13.3 Å². The summed E-state index contributed by atoms with van der Waals surface area (Å²) in [5, 5.41) is 1.45. The Morgan fingerprint density at radius 2 is 1.91 bits per heavy atom. The van der Waals surface area contributed by atoms with Crippen LogP contribution in [0.1, 0.15) is 12.0 Å². The zero-order valence-electron chi connectivity index (χ0n) is 12.8. The van der Waals surface area contributed by atoms with Gasteiger partial charge in [0.2, 0.25) is 0 Å². The first kappa shape index (κ1) is 15.8. The maximum Gasteiger partial charge on any atom is 0.196 e. The molecule has 0 bridgehead atoms. The zero-order valence-corrected chi connectivity index (χ0v) is 14.4. The summed E-state index contributed by atoms with van der Waals surface area (Å²) in [6, 6.07) is 15.1. The number of benzene rings is 2. The smallest absolute Gasteiger partial charge is 0.196 e. The van der Waals surface area contributed by atoms with Crippen LogP contribution in [0.25, 0.3) is 22.3 Å². The molecule has 0 aliphatic heterocycles. The third kappa shape index (κ3) is 3.32. The highest BCUT2D eigenvalue weighted by atomic mass is 79.9. The van der Waals surface area contributed by atoms with Gasteiger partial charge < -0.3 is 9.15 Å². The third-order valence-electron chi connectivity index (χ3n) is 3.67. The van der Waals surface area contributed by atoms with E-state index < -0.39 is 0 Å². The van der Waals surface area contributed by atoms with E-state index in [1.54, 1.807) is 19.1 Å². The van der Waals surface area contributed by atoms with Crippen molar-refractivity contribution in [2.24, 2.45) is 0 Å². The van der Waals surface area contributed by atoms with Crippen LogP contribution in [0.2, 0.25) is 0 Å². The molecule has 1 aromatic heterocycles. The van der Waals surface area contributed by atoms with E-state index in [4.69, 9.17) is 9.15 Å². The Kier molecular flexibility index (Phi) is 4.82. The highest BCUT2D eigenvalue weighted by molar-refractivity contribution is 9.09. The van der Waals surface area contributed by atoms with Gasteiger partial charge in [0.25, 0.3) is 0 Å². The molecular formula is C19H17BrO3. The normalized spacial score (nSPS) is 10.9. The molecule has 3 aromatic rings. The minimum Gasteiger partial charge on any atom is -0.494 e. The number of hydrogen-bond donors (Lipinski definition) is 0. The maximum absolute atomic E-state index is 12.7. The molecule has 0 aliphatic rings. The molecule has 0 N–H and O–H groups in total. The molecule has 23 heavy (non-hydrogen) atoms. The van der Waals surface area contributed by atoms with E-state index in [0.29, 0.717) is 34.6 Å². The Morgan fingerprint density at radius 3 is 2.65 bits per heavy atom. The van der Waals surface area contributed by atoms with Gasteiger partial charge in [-0.3, -0.25) is 4.79 Å². The lowest BCUT2D eigenvalue weighted by atomic mass is 10.1. The molecule has 1 heterocycles. The van der Waals surface area contributed by atoms with Crippen LogP contribution in [-0.4, -0.2) is 11.9 Å². The Bertz CT molecular complexity index is 869. The van der Waals surface area contributed by atoms with Crippen LogP contribution in [0.4, 0.5) is 0 Å². The Labute approximate surface area is 143 Å². The van der Waals surface area contributed by atoms with E-state index in [1.807, 2.05) is 36.4 Å². The van der Waals surface area contributed by atoms with Crippen molar-refractivity contribution in [3.8, 4) is 17.1 Å². The van der Waals surface area contributed by atoms with Crippen LogP contribution in [0.3, 0.4) is 0 Å². The van der Waals surface area contributed by atoms with E-state index >= 15 is 0 Å². The molecular weight excluding hydrogens is 356 g/mol. The van der Waals surface area contributed by atoms with Crippen molar-refractivity contribution >= 4 is 26.9 Å². The first-order valence-electron chi connectivity index (χ1n) is 7.52. The van der Waals surface area contributed by atoms with Gasteiger partial charge in [0.05, 0.1) is 12.0 Å². The summed E-state index contributed by atoms with van der Waals surface area (Å²) >= 11 is 3.37. The second-order valence-corrected chi connectivity index (χ2v) is 6.09. The Hall–Kier alpha value is -2.07. The average molecular weight is 373 g/mol. The predicted octanol–water partition coefficient (Wildman–Crippen LogP) is 4.93. The second kappa shape index (κ2) is 7.01. The number of fused-ring (bicyclic) bond motifs is 1. The molecule has 118 valence electrons. The van der Waals surface area contributed by atoms with E-state index in [1.165, 1.54) is 0 Å². The lowest BCUT2D eigenvalue weighted by Crippen LogP contribution is -2.07. The van der Waals surface area contributed by atoms with Crippen LogP contribution < -0.4 is 10.2 Å². The van der Waals surface area contributed by atoms with Gasteiger partial charge in [-0.05, 0) is 31.5 Å². The molecule has 3 rings (SSSR count). The van der Waals surface area contributed by atoms with Crippen molar-refractivity contribution in [1.82, 2.24) is 0 Å². The summed E-state index contributed by atoms with van der Waals surface area (Å²) in [4.78, 5) is 12.7. The van der Waals surface area contributed by atoms with E-state index in [2.05, 4.69) is 15.9 Å². The minimum absolute atomic E-state index is 0.0176. The van der Waals surface area contributed by atoms with Crippen LogP contribution in [-0.2, 0) is 0 Å². The van der Waals surface area contributed by atoms with Gasteiger partial charge in [-0.2, -0.15) is 0 Å². The summed E-state index contributed by atoms with van der Waals surface area (Å²) in [5.74, 6) is 1.31. The molecule has 0 radical (unpaired) electrons. The summed E-state index contributed by atoms with van der Waals surface area (Å²) < 4.78 is 11.6. The summed E-state index contributed by atoms with van der Waals surface area (Å²) in [6.45, 7) is 2.41. The molecule has 2 aromatic carbocycles. The molecule has 0 saturated carbocycles. The average Bonchev–Trinajstić information content (AvgIpc) is 2.59. The van der Waals surface area contributed by atoms with Gasteiger partial charge in [0.15, 0.2) is 5.43 Å². The van der Waals surface area contributed by atoms with Crippen molar-refractivity contribution < 1.29 is 9.15 Å². The monoisotopic (exact) mass is 372 g/mol. The number of hydrogen-bond acceptors (Lipinski definition) is 3. The van der Waals surface area contributed by atoms with Crippen LogP contribution in [0.5, 0.6) is 5.75 Å². The molecule has 3 nitrogen and oxygen atoms in total. The first-order chi connectivity index (χ1) is 11.2. The molecule has 0 unspecified atom stereocenters. The fourth-order valence-electron chi connectivity index (χ4n) is 2.47. The molecule has 0 atom stereocenters. The van der Waals surface area contributed by atoms with Crippen LogP contribution >= 0.6 is 15.9 Å². The number of rotatable bonds is 5. The molecule has 4 heteroatoms. The summed E-state index contributed by atoms with van der Waals surface area (Å²) in [6.07, 6.45) is 0.915. The van der Waals surface area contributed by atoms with Crippen molar-refractivity contribution in [1.29, 1.82) is 0 Å². The molecule has 0 aliphatic carbocycles. The SMILES string of the molecule is Cc1c(-c2ccccc2)oc2ccc(OCCCBr)cc2c1=O. The topological polar surface area (TPSA) is 39.4 Å². The lowest BCUT2D eigenvalue weighted by molar-refractivity contribution is 0.319. The Morgan fingerprint density at radius 1 is 1.13 bits per heavy atom. The van der Waals surface area contributed by atoms with Gasteiger partial charge in [-0.25, -0.2) is 0 Å². The maximum atomic E-state index is 12.7. The van der Waals surface area contributed by atoms with Crippen molar-refractivity contribution in [2.75, 3.05) is 11.9 Å². The third-order valence-corrected chi connectivity index (χ3v) is 4.23. The summed E-state index contributed by atoms with van der Waals surface area (Å²) in [5.41, 5.74) is 2.08. The van der Waals surface area contributed by atoms with Crippen molar-refractivity contribution in [3.05, 3.63) is 64.3 Å². The molecule has 0 amide bonds. The van der Waals surface area contributed by atoms with E-state index in [0.717, 1.165) is 17.3 Å². The van der Waals surface area contributed by atoms with Gasteiger partial charge in [-0.1, -0.05) is 46.3 Å². The van der Waals surface area contributed by atoms with Crippen LogP contribution in [0, 0.1) is 6.92 Å². The molecule has 0 spiro atoms. The van der Waals surface area contributed by atoms with E-state index in [9.17, 15) is 4.79 Å².